The molecule has 0 bridgehead atoms. The third-order valence-electron chi connectivity index (χ3n) is 3.88. The quantitative estimate of drug-likeness (QED) is 0.588. The second kappa shape index (κ2) is 7.97. The molecule has 1 aromatic carbocycles. The van der Waals surface area contributed by atoms with Crippen molar-refractivity contribution in [2.24, 2.45) is 11.1 Å². The standard InChI is InChI=1S/C16H20N2O4S/c1-21-15-9-7-14(8-10-15)16(11-17)18-22-23(19,20)12-13-5-3-2-4-6-13/h7-10,13H,2-6,12H2,1H3/b18-16+. The summed E-state index contributed by atoms with van der Waals surface area (Å²) < 4.78 is 33.7. The molecule has 1 aromatic rings. The Morgan fingerprint density at radius 2 is 1.91 bits per heavy atom. The molecule has 1 fully saturated rings. The number of nitriles is 1. The first kappa shape index (κ1) is 17.3. The molecule has 6 nitrogen and oxygen atoms in total. The summed E-state index contributed by atoms with van der Waals surface area (Å²) in [5, 5.41) is 12.7. The molecule has 2 rings (SSSR count). The molecule has 0 N–H and O–H groups in total. The second-order valence-electron chi connectivity index (χ2n) is 5.58. The summed E-state index contributed by atoms with van der Waals surface area (Å²) >= 11 is 0. The van der Waals surface area contributed by atoms with Crippen molar-refractivity contribution < 1.29 is 17.4 Å². The van der Waals surface area contributed by atoms with Crippen molar-refractivity contribution in [3.8, 4) is 11.8 Å². The van der Waals surface area contributed by atoms with E-state index in [0.717, 1.165) is 32.1 Å². The van der Waals surface area contributed by atoms with Gasteiger partial charge in [-0.1, -0.05) is 24.4 Å². The summed E-state index contributed by atoms with van der Waals surface area (Å²) in [6.45, 7) is 0. The minimum atomic E-state index is -3.77. The predicted octanol–water partition coefficient (Wildman–Crippen LogP) is 2.85. The van der Waals surface area contributed by atoms with Gasteiger partial charge in [-0.2, -0.15) is 13.7 Å². The van der Waals surface area contributed by atoms with Crippen molar-refractivity contribution in [3.05, 3.63) is 29.8 Å². The number of hydrogen-bond acceptors (Lipinski definition) is 6. The lowest BCUT2D eigenvalue weighted by atomic mass is 9.91. The minimum Gasteiger partial charge on any atom is -0.497 e. The zero-order chi connectivity index (χ0) is 16.7. The van der Waals surface area contributed by atoms with Crippen LogP contribution in [0, 0.1) is 17.2 Å². The van der Waals surface area contributed by atoms with Crippen LogP contribution in [0.25, 0.3) is 0 Å². The van der Waals surface area contributed by atoms with Crippen LogP contribution < -0.4 is 4.74 Å². The van der Waals surface area contributed by atoms with Crippen molar-refractivity contribution in [2.75, 3.05) is 12.9 Å². The first-order valence-corrected chi connectivity index (χ1v) is 9.15. The van der Waals surface area contributed by atoms with Gasteiger partial charge in [-0.25, -0.2) is 0 Å². The minimum absolute atomic E-state index is 0.0438. The summed E-state index contributed by atoms with van der Waals surface area (Å²) in [6, 6.07) is 8.43. The topological polar surface area (TPSA) is 88.8 Å². The van der Waals surface area contributed by atoms with Crippen LogP contribution in [0.2, 0.25) is 0 Å². The Hall–Kier alpha value is -2.07. The molecule has 0 aromatic heterocycles. The van der Waals surface area contributed by atoms with Crippen molar-refractivity contribution >= 4 is 15.8 Å². The Bertz CT molecular complexity index is 684. The van der Waals surface area contributed by atoms with E-state index in [-0.39, 0.29) is 17.4 Å². The SMILES string of the molecule is COc1ccc(/C(C#N)=N/OS(=O)(=O)CC2CCCCC2)cc1. The molecule has 7 heteroatoms. The summed E-state index contributed by atoms with van der Waals surface area (Å²) in [4.78, 5) is 0. The van der Waals surface area contributed by atoms with Crippen LogP contribution in [0.5, 0.6) is 5.75 Å². The number of ether oxygens (including phenoxy) is 1. The predicted molar refractivity (Wildman–Crippen MR) is 86.6 cm³/mol. The van der Waals surface area contributed by atoms with E-state index in [1.165, 1.54) is 7.11 Å². The fraction of sp³-hybridized carbons (Fsp3) is 0.500. The van der Waals surface area contributed by atoms with Gasteiger partial charge in [0.05, 0.1) is 12.9 Å². The van der Waals surface area contributed by atoms with Crippen molar-refractivity contribution in [1.29, 1.82) is 5.26 Å². The Balaban J connectivity index is 2.04. The number of rotatable bonds is 6. The number of methoxy groups -OCH3 is 1. The molecular weight excluding hydrogens is 316 g/mol. The summed E-state index contributed by atoms with van der Waals surface area (Å²) in [5.74, 6) is 0.713. The molecule has 0 spiro atoms. The fourth-order valence-electron chi connectivity index (χ4n) is 2.65. The maximum absolute atomic E-state index is 12.0. The zero-order valence-electron chi connectivity index (χ0n) is 13.1. The molecule has 0 aliphatic heterocycles. The van der Waals surface area contributed by atoms with Gasteiger partial charge < -0.3 is 4.74 Å². The molecule has 1 aliphatic carbocycles. The molecule has 0 saturated heterocycles. The number of hydrogen-bond donors (Lipinski definition) is 0. The summed E-state index contributed by atoms with van der Waals surface area (Å²) in [5.41, 5.74) is 0.390. The first-order valence-electron chi connectivity index (χ1n) is 7.58. The maximum atomic E-state index is 12.0. The Morgan fingerprint density at radius 1 is 1.26 bits per heavy atom. The van der Waals surface area contributed by atoms with Gasteiger partial charge >= 0.3 is 10.1 Å². The lowest BCUT2D eigenvalue weighted by Gasteiger charge is -2.20. The normalized spacial score (nSPS) is 16.6. The molecule has 0 amide bonds. The van der Waals surface area contributed by atoms with Crippen LogP contribution in [0.3, 0.4) is 0 Å². The van der Waals surface area contributed by atoms with E-state index in [1.807, 2.05) is 6.07 Å². The van der Waals surface area contributed by atoms with Crippen molar-refractivity contribution in [3.63, 3.8) is 0 Å². The molecule has 23 heavy (non-hydrogen) atoms. The van der Waals surface area contributed by atoms with E-state index >= 15 is 0 Å². The molecule has 0 unspecified atom stereocenters. The van der Waals surface area contributed by atoms with E-state index < -0.39 is 10.1 Å². The van der Waals surface area contributed by atoms with Crippen LogP contribution in [-0.2, 0) is 14.4 Å². The van der Waals surface area contributed by atoms with Gasteiger partial charge in [0.15, 0.2) is 5.71 Å². The maximum Gasteiger partial charge on any atom is 0.328 e. The van der Waals surface area contributed by atoms with Crippen molar-refractivity contribution in [1.82, 2.24) is 0 Å². The Morgan fingerprint density at radius 3 is 2.48 bits per heavy atom. The van der Waals surface area contributed by atoms with E-state index in [0.29, 0.717) is 11.3 Å². The van der Waals surface area contributed by atoms with Gasteiger partial charge in [0.2, 0.25) is 0 Å². The van der Waals surface area contributed by atoms with Crippen molar-refractivity contribution in [2.45, 2.75) is 32.1 Å². The smallest absolute Gasteiger partial charge is 0.328 e. The van der Waals surface area contributed by atoms with Crippen LogP contribution in [0.15, 0.2) is 29.4 Å². The highest BCUT2D eigenvalue weighted by Gasteiger charge is 2.23. The monoisotopic (exact) mass is 336 g/mol. The highest BCUT2D eigenvalue weighted by Crippen LogP contribution is 2.25. The first-order chi connectivity index (χ1) is 11.0. The van der Waals surface area contributed by atoms with Gasteiger partial charge in [0, 0.05) is 5.56 Å². The fourth-order valence-corrected chi connectivity index (χ4v) is 3.81. The molecule has 1 aliphatic rings. The summed E-state index contributed by atoms with van der Waals surface area (Å²) in [6.07, 6.45) is 5.06. The highest BCUT2D eigenvalue weighted by atomic mass is 32.2. The third-order valence-corrected chi connectivity index (χ3v) is 5.06. The van der Waals surface area contributed by atoms with Crippen LogP contribution in [-0.4, -0.2) is 27.0 Å². The van der Waals surface area contributed by atoms with E-state index in [2.05, 4.69) is 5.16 Å². The second-order valence-corrected chi connectivity index (χ2v) is 7.18. The van der Waals surface area contributed by atoms with Crippen LogP contribution >= 0.6 is 0 Å². The molecule has 1 saturated carbocycles. The summed E-state index contributed by atoms with van der Waals surface area (Å²) in [7, 11) is -2.23. The zero-order valence-corrected chi connectivity index (χ0v) is 13.9. The van der Waals surface area contributed by atoms with Gasteiger partial charge in [0.1, 0.15) is 11.8 Å². The van der Waals surface area contributed by atoms with Gasteiger partial charge in [-0.3, -0.25) is 4.28 Å². The molecule has 0 radical (unpaired) electrons. The molecular formula is C16H20N2O4S. The van der Waals surface area contributed by atoms with Gasteiger partial charge in [0.25, 0.3) is 0 Å². The largest absolute Gasteiger partial charge is 0.497 e. The Kier molecular flexibility index (Phi) is 5.99. The van der Waals surface area contributed by atoms with Gasteiger partial charge in [-0.15, -0.1) is 0 Å². The van der Waals surface area contributed by atoms with E-state index in [1.54, 1.807) is 24.3 Å². The third kappa shape index (κ3) is 5.25. The number of nitrogens with zero attached hydrogens (tertiary/aromatic N) is 2. The Labute approximate surface area is 136 Å². The van der Waals surface area contributed by atoms with Crippen LogP contribution in [0.1, 0.15) is 37.7 Å². The van der Waals surface area contributed by atoms with E-state index in [4.69, 9.17) is 14.3 Å². The average molecular weight is 336 g/mol. The van der Waals surface area contributed by atoms with E-state index in [9.17, 15) is 8.42 Å². The molecule has 0 atom stereocenters. The average Bonchev–Trinajstić information content (AvgIpc) is 2.56. The lowest BCUT2D eigenvalue weighted by Crippen LogP contribution is -2.19. The molecule has 124 valence electrons. The van der Waals surface area contributed by atoms with Crippen LogP contribution in [0.4, 0.5) is 0 Å². The number of oxime groups is 1. The highest BCUT2D eigenvalue weighted by molar-refractivity contribution is 7.86. The molecule has 0 heterocycles. The van der Waals surface area contributed by atoms with Gasteiger partial charge in [-0.05, 0) is 43.0 Å². The number of benzene rings is 1. The lowest BCUT2D eigenvalue weighted by molar-refractivity contribution is 0.321.